The van der Waals surface area contributed by atoms with Gasteiger partial charge >= 0.3 is 0 Å². The van der Waals surface area contributed by atoms with Gasteiger partial charge in [0, 0.05) is 24.1 Å². The Balaban J connectivity index is 2.26. The van der Waals surface area contributed by atoms with Crippen LogP contribution in [0.5, 0.6) is 17.2 Å². The van der Waals surface area contributed by atoms with Gasteiger partial charge in [0.25, 0.3) is 0 Å². The molecule has 1 amide bonds. The molecule has 3 rings (SSSR count). The van der Waals surface area contributed by atoms with E-state index in [0.717, 1.165) is 16.3 Å². The maximum absolute atomic E-state index is 11.9. The van der Waals surface area contributed by atoms with Crippen LogP contribution in [0.15, 0.2) is 54.6 Å². The van der Waals surface area contributed by atoms with Gasteiger partial charge in [-0.1, -0.05) is 30.3 Å². The predicted molar refractivity (Wildman–Crippen MR) is 101 cm³/mol. The molecule has 1 unspecified atom stereocenters. The molecule has 0 aliphatic carbocycles. The van der Waals surface area contributed by atoms with Crippen molar-refractivity contribution >= 4 is 16.7 Å². The van der Waals surface area contributed by atoms with Crippen LogP contribution in [0.2, 0.25) is 0 Å². The maximum Gasteiger partial charge on any atom is 0.217 e. The first-order chi connectivity index (χ1) is 12.5. The summed E-state index contributed by atoms with van der Waals surface area (Å²) >= 11 is 0. The standard InChI is InChI=1S/C21H21NO4/c1-13(23)22-21(17-10-9-15(25-2)12-19(17)26-3)20-16-7-5-4-6-14(16)8-11-18(20)24/h4-12,21,24H,1-3H3,(H,22,23). The third kappa shape index (κ3) is 3.28. The number of carbonyl (C=O) groups excluding carboxylic acids is 1. The lowest BCUT2D eigenvalue weighted by molar-refractivity contribution is -0.119. The van der Waals surface area contributed by atoms with Gasteiger partial charge in [0.15, 0.2) is 0 Å². The third-order valence-electron chi connectivity index (χ3n) is 4.34. The zero-order valence-electron chi connectivity index (χ0n) is 14.9. The summed E-state index contributed by atoms with van der Waals surface area (Å²) in [5.74, 6) is 1.12. The fraction of sp³-hybridized carbons (Fsp3) is 0.190. The molecular formula is C21H21NO4. The lowest BCUT2D eigenvalue weighted by atomic mass is 9.92. The van der Waals surface area contributed by atoms with Gasteiger partial charge in [0.1, 0.15) is 17.2 Å². The van der Waals surface area contributed by atoms with Crippen LogP contribution < -0.4 is 14.8 Å². The minimum absolute atomic E-state index is 0.111. The van der Waals surface area contributed by atoms with Gasteiger partial charge in [-0.05, 0) is 29.0 Å². The zero-order valence-corrected chi connectivity index (χ0v) is 14.9. The van der Waals surface area contributed by atoms with E-state index in [1.807, 2.05) is 36.4 Å². The topological polar surface area (TPSA) is 67.8 Å². The van der Waals surface area contributed by atoms with Gasteiger partial charge in [0.2, 0.25) is 5.91 Å². The molecule has 0 heterocycles. The molecule has 3 aromatic carbocycles. The van der Waals surface area contributed by atoms with E-state index in [9.17, 15) is 9.90 Å². The van der Waals surface area contributed by atoms with Crippen molar-refractivity contribution in [3.63, 3.8) is 0 Å². The highest BCUT2D eigenvalue weighted by Gasteiger charge is 2.24. The summed E-state index contributed by atoms with van der Waals surface area (Å²) in [5, 5.41) is 15.4. The van der Waals surface area contributed by atoms with Crippen LogP contribution in [0, 0.1) is 0 Å². The van der Waals surface area contributed by atoms with Crippen LogP contribution in [0.4, 0.5) is 0 Å². The molecule has 0 aliphatic rings. The molecule has 5 heteroatoms. The second-order valence-corrected chi connectivity index (χ2v) is 5.96. The predicted octanol–water partition coefficient (Wildman–Crippen LogP) is 3.79. The van der Waals surface area contributed by atoms with Crippen molar-refractivity contribution in [2.75, 3.05) is 14.2 Å². The van der Waals surface area contributed by atoms with Crippen LogP contribution in [-0.4, -0.2) is 25.2 Å². The van der Waals surface area contributed by atoms with Gasteiger partial charge in [-0.2, -0.15) is 0 Å². The van der Waals surface area contributed by atoms with Crippen molar-refractivity contribution in [3.05, 3.63) is 65.7 Å². The Hall–Kier alpha value is -3.21. The first kappa shape index (κ1) is 17.6. The number of fused-ring (bicyclic) bond motifs is 1. The van der Waals surface area contributed by atoms with Crippen LogP contribution in [0.3, 0.4) is 0 Å². The van der Waals surface area contributed by atoms with Crippen LogP contribution in [0.1, 0.15) is 24.1 Å². The van der Waals surface area contributed by atoms with Crippen LogP contribution in [0.25, 0.3) is 10.8 Å². The van der Waals surface area contributed by atoms with E-state index in [0.29, 0.717) is 17.1 Å². The van der Waals surface area contributed by atoms with Crippen molar-refractivity contribution in [2.24, 2.45) is 0 Å². The average molecular weight is 351 g/mol. The van der Waals surface area contributed by atoms with Crippen molar-refractivity contribution < 1.29 is 19.4 Å². The summed E-state index contributed by atoms with van der Waals surface area (Å²) in [4.78, 5) is 11.9. The minimum atomic E-state index is -0.570. The molecule has 0 spiro atoms. The van der Waals surface area contributed by atoms with E-state index in [1.165, 1.54) is 6.92 Å². The fourth-order valence-electron chi connectivity index (χ4n) is 3.15. The number of benzene rings is 3. The monoisotopic (exact) mass is 351 g/mol. The molecule has 0 saturated carbocycles. The van der Waals surface area contributed by atoms with Gasteiger partial charge in [-0.15, -0.1) is 0 Å². The van der Waals surface area contributed by atoms with Crippen molar-refractivity contribution in [3.8, 4) is 17.2 Å². The number of hydrogen-bond acceptors (Lipinski definition) is 4. The number of carbonyl (C=O) groups is 1. The van der Waals surface area contributed by atoms with Gasteiger partial charge in [-0.25, -0.2) is 0 Å². The molecular weight excluding hydrogens is 330 g/mol. The van der Waals surface area contributed by atoms with Crippen molar-refractivity contribution in [2.45, 2.75) is 13.0 Å². The Morgan fingerprint density at radius 3 is 2.50 bits per heavy atom. The van der Waals surface area contributed by atoms with Crippen molar-refractivity contribution in [1.82, 2.24) is 5.32 Å². The SMILES string of the molecule is COc1ccc(C(NC(C)=O)c2c(O)ccc3ccccc23)c(OC)c1. The highest BCUT2D eigenvalue weighted by Crippen LogP contribution is 2.39. The lowest BCUT2D eigenvalue weighted by Crippen LogP contribution is -2.27. The molecule has 0 radical (unpaired) electrons. The van der Waals surface area contributed by atoms with E-state index in [-0.39, 0.29) is 11.7 Å². The molecule has 0 fully saturated rings. The molecule has 1 atom stereocenters. The number of ether oxygens (including phenoxy) is 2. The smallest absolute Gasteiger partial charge is 0.217 e. The molecule has 5 nitrogen and oxygen atoms in total. The van der Waals surface area contributed by atoms with Gasteiger partial charge in [-0.3, -0.25) is 4.79 Å². The number of amides is 1. The number of aromatic hydroxyl groups is 1. The molecule has 0 aromatic heterocycles. The zero-order chi connectivity index (χ0) is 18.7. The first-order valence-corrected chi connectivity index (χ1v) is 8.24. The Kier molecular flexibility index (Phi) is 4.98. The number of rotatable bonds is 5. The quantitative estimate of drug-likeness (QED) is 0.734. The molecule has 0 aliphatic heterocycles. The number of hydrogen-bond donors (Lipinski definition) is 2. The number of nitrogens with one attached hydrogen (secondary N) is 1. The molecule has 0 saturated heterocycles. The molecule has 0 bridgehead atoms. The maximum atomic E-state index is 11.9. The second-order valence-electron chi connectivity index (χ2n) is 5.96. The molecule has 3 aromatic rings. The van der Waals surface area contributed by atoms with Gasteiger partial charge in [0.05, 0.1) is 20.3 Å². The van der Waals surface area contributed by atoms with E-state index in [1.54, 1.807) is 32.4 Å². The Morgan fingerprint density at radius 1 is 1.04 bits per heavy atom. The molecule has 134 valence electrons. The van der Waals surface area contributed by atoms with Crippen LogP contribution in [-0.2, 0) is 4.79 Å². The second kappa shape index (κ2) is 7.35. The summed E-state index contributed by atoms with van der Waals surface area (Å²) in [6.07, 6.45) is 0. The largest absolute Gasteiger partial charge is 0.508 e. The summed E-state index contributed by atoms with van der Waals surface area (Å²) in [5.41, 5.74) is 1.36. The molecule has 2 N–H and O–H groups in total. The average Bonchev–Trinajstić information content (AvgIpc) is 2.65. The minimum Gasteiger partial charge on any atom is -0.508 e. The normalized spacial score (nSPS) is 11.8. The fourth-order valence-corrected chi connectivity index (χ4v) is 3.15. The Morgan fingerprint density at radius 2 is 1.81 bits per heavy atom. The van der Waals surface area contributed by atoms with Gasteiger partial charge < -0.3 is 19.9 Å². The summed E-state index contributed by atoms with van der Waals surface area (Å²) in [6, 6.07) is 16.0. The highest BCUT2D eigenvalue weighted by atomic mass is 16.5. The number of phenolic OH excluding ortho intramolecular Hbond substituents is 1. The lowest BCUT2D eigenvalue weighted by Gasteiger charge is -2.24. The summed E-state index contributed by atoms with van der Waals surface area (Å²) in [6.45, 7) is 1.45. The highest BCUT2D eigenvalue weighted by molar-refractivity contribution is 5.89. The van der Waals surface area contributed by atoms with Crippen molar-refractivity contribution in [1.29, 1.82) is 0 Å². The van der Waals surface area contributed by atoms with E-state index in [2.05, 4.69) is 5.32 Å². The molecule has 26 heavy (non-hydrogen) atoms. The Labute approximate surface area is 152 Å². The Bertz CT molecular complexity index is 952. The summed E-state index contributed by atoms with van der Waals surface area (Å²) in [7, 11) is 3.14. The number of methoxy groups -OCH3 is 2. The third-order valence-corrected chi connectivity index (χ3v) is 4.34. The van der Waals surface area contributed by atoms with Crippen LogP contribution >= 0.6 is 0 Å². The first-order valence-electron chi connectivity index (χ1n) is 8.24. The van der Waals surface area contributed by atoms with E-state index in [4.69, 9.17) is 9.47 Å². The van der Waals surface area contributed by atoms with E-state index >= 15 is 0 Å². The van der Waals surface area contributed by atoms with E-state index < -0.39 is 6.04 Å². The summed E-state index contributed by atoms with van der Waals surface area (Å²) < 4.78 is 10.8. The number of phenols is 1.